The van der Waals surface area contributed by atoms with Crippen molar-refractivity contribution >= 4 is 51.3 Å². The van der Waals surface area contributed by atoms with Crippen LogP contribution in [-0.4, -0.2) is 32.9 Å². The summed E-state index contributed by atoms with van der Waals surface area (Å²) in [6, 6.07) is 23.0. The van der Waals surface area contributed by atoms with Crippen molar-refractivity contribution in [2.45, 2.75) is 25.3 Å². The van der Waals surface area contributed by atoms with E-state index in [2.05, 4.69) is 5.32 Å². The second-order valence-electron chi connectivity index (χ2n) is 9.86. The van der Waals surface area contributed by atoms with E-state index in [0.717, 1.165) is 16.0 Å². The standard InChI is InChI=1S/C33H27ClN2O8S/c1-3-42-30-19-23(8-17-29(30)44-45(40,41)27-15-4-21(2)5-16-27)18-28-31(37)35-33(39)36(32(28)38)25-11-13-26(14-12-25)43-20-22-6-9-24(34)10-7-22/h4-19H,3,20H2,1-2H3,(H,35,37,39)/b28-18+. The van der Waals surface area contributed by atoms with Crippen LogP contribution in [0.15, 0.2) is 101 Å². The van der Waals surface area contributed by atoms with Crippen LogP contribution in [0.1, 0.15) is 23.6 Å². The van der Waals surface area contributed by atoms with E-state index < -0.39 is 28.0 Å². The number of aryl methyl sites for hydroxylation is 1. The molecule has 0 unspecified atom stereocenters. The monoisotopic (exact) mass is 646 g/mol. The summed E-state index contributed by atoms with van der Waals surface area (Å²) in [5.41, 5.74) is 2.02. The maximum Gasteiger partial charge on any atom is 0.339 e. The highest BCUT2D eigenvalue weighted by Crippen LogP contribution is 2.33. The Morgan fingerprint density at radius 1 is 0.844 bits per heavy atom. The number of halogens is 1. The van der Waals surface area contributed by atoms with E-state index in [-0.39, 0.29) is 40.9 Å². The predicted molar refractivity (Wildman–Crippen MR) is 168 cm³/mol. The summed E-state index contributed by atoms with van der Waals surface area (Å²) in [6.07, 6.45) is 1.28. The first-order valence-electron chi connectivity index (χ1n) is 13.7. The lowest BCUT2D eigenvalue weighted by Crippen LogP contribution is -2.54. The van der Waals surface area contributed by atoms with Crippen LogP contribution in [0.3, 0.4) is 0 Å². The van der Waals surface area contributed by atoms with Crippen molar-refractivity contribution in [3.05, 3.63) is 118 Å². The summed E-state index contributed by atoms with van der Waals surface area (Å²) >= 11 is 5.92. The SMILES string of the molecule is CCOc1cc(/C=C2\C(=O)NC(=O)N(c3ccc(OCc4ccc(Cl)cc4)cc3)C2=O)ccc1OS(=O)(=O)c1ccc(C)cc1. The van der Waals surface area contributed by atoms with Crippen LogP contribution in [0.4, 0.5) is 10.5 Å². The Morgan fingerprint density at radius 3 is 2.20 bits per heavy atom. The Balaban J connectivity index is 1.36. The van der Waals surface area contributed by atoms with Gasteiger partial charge in [0.15, 0.2) is 11.5 Å². The molecule has 0 radical (unpaired) electrons. The Bertz CT molecular complexity index is 1890. The van der Waals surface area contributed by atoms with E-state index >= 15 is 0 Å². The van der Waals surface area contributed by atoms with Gasteiger partial charge in [0.1, 0.15) is 22.8 Å². The van der Waals surface area contributed by atoms with E-state index in [1.54, 1.807) is 43.3 Å². The number of nitrogens with zero attached hydrogens (tertiary/aromatic N) is 1. The predicted octanol–water partition coefficient (Wildman–Crippen LogP) is 6.06. The molecule has 0 atom stereocenters. The summed E-state index contributed by atoms with van der Waals surface area (Å²) in [7, 11) is -4.17. The number of nitrogens with one attached hydrogen (secondary N) is 1. The lowest BCUT2D eigenvalue weighted by molar-refractivity contribution is -0.122. The van der Waals surface area contributed by atoms with E-state index in [1.807, 2.05) is 19.1 Å². The molecule has 12 heteroatoms. The number of hydrogen-bond donors (Lipinski definition) is 1. The number of urea groups is 1. The summed E-state index contributed by atoms with van der Waals surface area (Å²) in [5.74, 6) is -1.23. The second-order valence-corrected chi connectivity index (χ2v) is 11.8. The maximum atomic E-state index is 13.4. The quantitative estimate of drug-likeness (QED) is 0.125. The van der Waals surface area contributed by atoms with Gasteiger partial charge in [0.2, 0.25) is 0 Å². The third kappa shape index (κ3) is 7.34. The maximum absolute atomic E-state index is 13.4. The Hall–Kier alpha value is -5.13. The summed E-state index contributed by atoms with van der Waals surface area (Å²) in [5, 5.41) is 2.80. The number of rotatable bonds is 10. The van der Waals surface area contributed by atoms with Gasteiger partial charge in [-0.15, -0.1) is 0 Å². The molecule has 5 rings (SSSR count). The van der Waals surface area contributed by atoms with Gasteiger partial charge in [-0.3, -0.25) is 14.9 Å². The second kappa shape index (κ2) is 13.2. The normalized spacial score (nSPS) is 14.3. The van der Waals surface area contributed by atoms with Gasteiger partial charge in [-0.25, -0.2) is 9.69 Å². The molecule has 4 aromatic carbocycles. The zero-order valence-corrected chi connectivity index (χ0v) is 25.7. The number of benzene rings is 4. The summed E-state index contributed by atoms with van der Waals surface area (Å²) in [4.78, 5) is 39.7. The largest absolute Gasteiger partial charge is 0.490 e. The fraction of sp³-hybridized carbons (Fsp3) is 0.121. The molecule has 45 heavy (non-hydrogen) atoms. The molecule has 1 aliphatic heterocycles. The van der Waals surface area contributed by atoms with Gasteiger partial charge in [0.25, 0.3) is 11.8 Å². The third-order valence-corrected chi connectivity index (χ3v) is 8.10. The topological polar surface area (TPSA) is 128 Å². The molecule has 4 aromatic rings. The fourth-order valence-corrected chi connectivity index (χ4v) is 5.39. The zero-order chi connectivity index (χ0) is 32.1. The molecule has 0 spiro atoms. The Morgan fingerprint density at radius 2 is 1.53 bits per heavy atom. The zero-order valence-electron chi connectivity index (χ0n) is 24.2. The van der Waals surface area contributed by atoms with Crippen LogP contribution < -0.4 is 23.9 Å². The van der Waals surface area contributed by atoms with Gasteiger partial charge in [-0.1, -0.05) is 47.5 Å². The highest BCUT2D eigenvalue weighted by molar-refractivity contribution is 7.87. The number of carbonyl (C=O) groups is 3. The van der Waals surface area contributed by atoms with Gasteiger partial charge in [0, 0.05) is 5.02 Å². The first-order chi connectivity index (χ1) is 21.5. The van der Waals surface area contributed by atoms with E-state index in [4.69, 9.17) is 25.3 Å². The number of anilines is 1. The molecule has 0 saturated carbocycles. The van der Waals surface area contributed by atoms with Crippen molar-refractivity contribution < 1.29 is 36.5 Å². The number of amides is 4. The average Bonchev–Trinajstić information content (AvgIpc) is 3.01. The number of barbiturate groups is 1. The molecule has 1 N–H and O–H groups in total. The molecular weight excluding hydrogens is 620 g/mol. The summed E-state index contributed by atoms with van der Waals surface area (Å²) < 4.78 is 42.4. The molecule has 1 saturated heterocycles. The van der Waals surface area contributed by atoms with Gasteiger partial charge in [-0.05, 0) is 91.7 Å². The van der Waals surface area contributed by atoms with E-state index in [0.29, 0.717) is 16.3 Å². The Kier molecular flexibility index (Phi) is 9.21. The highest BCUT2D eigenvalue weighted by Gasteiger charge is 2.37. The van der Waals surface area contributed by atoms with Crippen molar-refractivity contribution in [2.75, 3.05) is 11.5 Å². The van der Waals surface area contributed by atoms with Crippen LogP contribution in [0.2, 0.25) is 5.02 Å². The molecule has 0 bridgehead atoms. The van der Waals surface area contributed by atoms with E-state index in [9.17, 15) is 22.8 Å². The molecule has 0 aromatic heterocycles. The molecular formula is C33H27ClN2O8S. The van der Waals surface area contributed by atoms with E-state index in [1.165, 1.54) is 48.5 Å². The molecule has 1 fully saturated rings. The first-order valence-corrected chi connectivity index (χ1v) is 15.5. The molecule has 230 valence electrons. The minimum Gasteiger partial charge on any atom is -0.490 e. The number of ether oxygens (including phenoxy) is 2. The number of carbonyl (C=O) groups excluding carboxylic acids is 3. The molecule has 1 aliphatic rings. The third-order valence-electron chi connectivity index (χ3n) is 6.60. The lowest BCUT2D eigenvalue weighted by atomic mass is 10.1. The van der Waals surface area contributed by atoms with Crippen molar-refractivity contribution in [3.8, 4) is 17.2 Å². The van der Waals surface area contributed by atoms with Gasteiger partial charge >= 0.3 is 16.1 Å². The highest BCUT2D eigenvalue weighted by atomic mass is 35.5. The molecule has 1 heterocycles. The van der Waals surface area contributed by atoms with Gasteiger partial charge in [0.05, 0.1) is 12.3 Å². The van der Waals surface area contributed by atoms with Crippen molar-refractivity contribution in [1.82, 2.24) is 5.32 Å². The minimum atomic E-state index is -4.17. The number of imide groups is 2. The van der Waals surface area contributed by atoms with Crippen LogP contribution in [0.5, 0.6) is 17.2 Å². The van der Waals surface area contributed by atoms with Crippen molar-refractivity contribution in [3.63, 3.8) is 0 Å². The Labute approximate surface area is 264 Å². The van der Waals surface area contributed by atoms with Crippen LogP contribution in [-0.2, 0) is 26.3 Å². The molecule has 0 aliphatic carbocycles. The lowest BCUT2D eigenvalue weighted by Gasteiger charge is -2.26. The van der Waals surface area contributed by atoms with Gasteiger partial charge in [-0.2, -0.15) is 8.42 Å². The van der Waals surface area contributed by atoms with Crippen molar-refractivity contribution in [2.24, 2.45) is 0 Å². The van der Waals surface area contributed by atoms with Crippen molar-refractivity contribution in [1.29, 1.82) is 0 Å². The minimum absolute atomic E-state index is 0.0304. The van der Waals surface area contributed by atoms with Gasteiger partial charge < -0.3 is 13.7 Å². The van der Waals surface area contributed by atoms with Crippen LogP contribution in [0.25, 0.3) is 6.08 Å². The smallest absolute Gasteiger partial charge is 0.339 e. The fourth-order valence-electron chi connectivity index (χ4n) is 4.32. The van der Waals surface area contributed by atoms with Crippen LogP contribution in [0, 0.1) is 6.92 Å². The summed E-state index contributed by atoms with van der Waals surface area (Å²) in [6.45, 7) is 4.01. The number of hydrogen-bond acceptors (Lipinski definition) is 8. The average molecular weight is 647 g/mol. The molecule has 4 amide bonds. The van der Waals surface area contributed by atoms with Crippen LogP contribution >= 0.6 is 11.6 Å². The molecule has 10 nitrogen and oxygen atoms in total. The first kappa shape index (κ1) is 31.3.